The highest BCUT2D eigenvalue weighted by Gasteiger charge is 2.27. The Bertz CT molecular complexity index is 556. The molecule has 0 aliphatic rings. The third kappa shape index (κ3) is 4.28. The number of rotatable bonds is 7. The minimum absolute atomic E-state index is 0.223. The molecule has 0 heterocycles. The normalized spacial score (nSPS) is 13.4. The summed E-state index contributed by atoms with van der Waals surface area (Å²) in [5.41, 5.74) is 0.659. The number of hydrogen-bond acceptors (Lipinski definition) is 3. The summed E-state index contributed by atoms with van der Waals surface area (Å²) in [6.07, 6.45) is -0.436. The van der Waals surface area contributed by atoms with Crippen molar-refractivity contribution in [1.29, 1.82) is 0 Å². The topological polar surface area (TPSA) is 74.7 Å². The summed E-state index contributed by atoms with van der Waals surface area (Å²) in [4.78, 5) is 10.5. The lowest BCUT2D eigenvalue weighted by atomic mass is 10.1. The average molecular weight is 303 g/mol. The van der Waals surface area contributed by atoms with Gasteiger partial charge in [0.1, 0.15) is 5.82 Å². The maximum Gasteiger partial charge on any atom is 0.304 e. The van der Waals surface area contributed by atoms with Crippen molar-refractivity contribution in [3.8, 4) is 0 Å². The molecule has 1 rings (SSSR count). The number of halogens is 1. The number of carboxylic acids is 1. The number of carboxylic acid groups (broad SMARTS) is 1. The highest BCUT2D eigenvalue weighted by molar-refractivity contribution is 7.89. The van der Waals surface area contributed by atoms with Gasteiger partial charge in [0.15, 0.2) is 0 Å². The number of carbonyl (C=O) groups is 1. The molecule has 0 aromatic heterocycles. The number of nitrogens with zero attached hydrogens (tertiary/aromatic N) is 1. The molecule has 1 N–H and O–H groups in total. The van der Waals surface area contributed by atoms with Gasteiger partial charge in [-0.1, -0.05) is 19.1 Å². The van der Waals surface area contributed by atoms with Crippen LogP contribution in [-0.2, 0) is 14.8 Å². The van der Waals surface area contributed by atoms with Gasteiger partial charge in [-0.25, -0.2) is 12.8 Å². The van der Waals surface area contributed by atoms with Gasteiger partial charge in [0.25, 0.3) is 0 Å². The molecular weight excluding hydrogens is 285 g/mol. The Kier molecular flexibility index (Phi) is 5.64. The maximum atomic E-state index is 12.9. The maximum absolute atomic E-state index is 12.9. The van der Waals surface area contributed by atoms with Gasteiger partial charge in [-0.2, -0.15) is 4.31 Å². The molecule has 0 bridgehead atoms. The molecule has 20 heavy (non-hydrogen) atoms. The van der Waals surface area contributed by atoms with E-state index in [1.165, 1.54) is 28.6 Å². The van der Waals surface area contributed by atoms with Crippen molar-refractivity contribution in [3.63, 3.8) is 0 Å². The highest BCUT2D eigenvalue weighted by atomic mass is 32.2. The Balaban J connectivity index is 2.94. The molecule has 112 valence electrons. The smallest absolute Gasteiger partial charge is 0.304 e. The first-order chi connectivity index (χ1) is 9.27. The second-order valence-corrected chi connectivity index (χ2v) is 6.43. The van der Waals surface area contributed by atoms with Gasteiger partial charge >= 0.3 is 5.97 Å². The van der Waals surface area contributed by atoms with Gasteiger partial charge in [0, 0.05) is 12.6 Å². The van der Waals surface area contributed by atoms with Crippen LogP contribution in [0.3, 0.4) is 0 Å². The van der Waals surface area contributed by atoms with Gasteiger partial charge in [0.2, 0.25) is 10.0 Å². The summed E-state index contributed by atoms with van der Waals surface area (Å²) in [5, 5.41) is 8.59. The minimum Gasteiger partial charge on any atom is -0.481 e. The molecule has 0 saturated heterocycles. The third-order valence-electron chi connectivity index (χ3n) is 3.03. The van der Waals surface area contributed by atoms with Gasteiger partial charge in [-0.15, -0.1) is 0 Å². The first kappa shape index (κ1) is 16.6. The molecule has 0 aliphatic heterocycles. The molecule has 0 saturated carbocycles. The largest absolute Gasteiger partial charge is 0.481 e. The second-order valence-electron chi connectivity index (χ2n) is 4.39. The van der Waals surface area contributed by atoms with Crippen LogP contribution in [0.1, 0.15) is 31.9 Å². The monoisotopic (exact) mass is 303 g/mol. The van der Waals surface area contributed by atoms with Crippen molar-refractivity contribution < 1.29 is 22.7 Å². The fourth-order valence-corrected chi connectivity index (χ4v) is 3.62. The predicted molar refractivity (Wildman–Crippen MR) is 73.2 cm³/mol. The summed E-state index contributed by atoms with van der Waals surface area (Å²) in [7, 11) is -3.67. The lowest BCUT2D eigenvalue weighted by Gasteiger charge is -2.27. The molecular formula is C13H18FNO4S. The predicted octanol–water partition coefficient (Wildman–Crippen LogP) is 2.01. The fraction of sp³-hybridized carbons (Fsp3) is 0.462. The number of aliphatic carboxylic acids is 1. The zero-order chi connectivity index (χ0) is 15.3. The Morgan fingerprint density at radius 3 is 2.35 bits per heavy atom. The first-order valence-corrected chi connectivity index (χ1v) is 7.85. The van der Waals surface area contributed by atoms with Crippen LogP contribution in [0.4, 0.5) is 4.39 Å². The van der Waals surface area contributed by atoms with Crippen molar-refractivity contribution in [3.05, 3.63) is 35.6 Å². The quantitative estimate of drug-likeness (QED) is 0.836. The molecule has 0 spiro atoms. The summed E-state index contributed by atoms with van der Waals surface area (Å²) in [5.74, 6) is -1.99. The standard InChI is InChI=1S/C13H18FNO4S/c1-3-15(20(18,19)9-8-13(16)17)10(2)11-4-6-12(14)7-5-11/h4-7,10H,3,8-9H2,1-2H3,(H,16,17). The third-order valence-corrected chi connectivity index (χ3v) is 5.04. The van der Waals surface area contributed by atoms with Crippen molar-refractivity contribution in [2.24, 2.45) is 0 Å². The Hall–Kier alpha value is -1.47. The van der Waals surface area contributed by atoms with Gasteiger partial charge in [0.05, 0.1) is 12.2 Å². The zero-order valence-corrected chi connectivity index (χ0v) is 12.2. The van der Waals surface area contributed by atoms with E-state index in [2.05, 4.69) is 0 Å². The van der Waals surface area contributed by atoms with Crippen LogP contribution < -0.4 is 0 Å². The summed E-state index contributed by atoms with van der Waals surface area (Å²) >= 11 is 0. The van der Waals surface area contributed by atoms with E-state index in [0.717, 1.165) is 0 Å². The van der Waals surface area contributed by atoms with E-state index in [1.54, 1.807) is 13.8 Å². The Morgan fingerprint density at radius 2 is 1.90 bits per heavy atom. The van der Waals surface area contributed by atoms with Crippen LogP contribution in [0, 0.1) is 5.82 Å². The molecule has 5 nitrogen and oxygen atoms in total. The molecule has 1 aromatic rings. The van der Waals surface area contributed by atoms with E-state index < -0.39 is 40.0 Å². The van der Waals surface area contributed by atoms with Crippen LogP contribution in [0.5, 0.6) is 0 Å². The molecule has 1 aromatic carbocycles. The van der Waals surface area contributed by atoms with Crippen LogP contribution in [0.2, 0.25) is 0 Å². The van der Waals surface area contributed by atoms with Crippen molar-refractivity contribution in [2.45, 2.75) is 26.3 Å². The van der Waals surface area contributed by atoms with E-state index in [1.807, 2.05) is 0 Å². The average Bonchev–Trinajstić information content (AvgIpc) is 2.37. The zero-order valence-electron chi connectivity index (χ0n) is 11.4. The summed E-state index contributed by atoms with van der Waals surface area (Å²) in [6.45, 7) is 3.59. The second kappa shape index (κ2) is 6.81. The van der Waals surface area contributed by atoms with Crippen LogP contribution in [0.25, 0.3) is 0 Å². The van der Waals surface area contributed by atoms with E-state index in [4.69, 9.17) is 5.11 Å². The van der Waals surface area contributed by atoms with Crippen LogP contribution in [-0.4, -0.2) is 36.1 Å². The minimum atomic E-state index is -3.67. The van der Waals surface area contributed by atoms with Crippen LogP contribution >= 0.6 is 0 Å². The fourth-order valence-electron chi connectivity index (χ4n) is 1.95. The van der Waals surface area contributed by atoms with Gasteiger partial charge in [-0.3, -0.25) is 4.79 Å². The van der Waals surface area contributed by atoms with E-state index >= 15 is 0 Å². The van der Waals surface area contributed by atoms with E-state index in [0.29, 0.717) is 5.56 Å². The number of hydrogen-bond donors (Lipinski definition) is 1. The van der Waals surface area contributed by atoms with E-state index in [9.17, 15) is 17.6 Å². The SMILES string of the molecule is CCN(C(C)c1ccc(F)cc1)S(=O)(=O)CCC(=O)O. The molecule has 0 aliphatic carbocycles. The van der Waals surface area contributed by atoms with Gasteiger partial charge in [-0.05, 0) is 24.6 Å². The van der Waals surface area contributed by atoms with Crippen molar-refractivity contribution in [2.75, 3.05) is 12.3 Å². The Labute approximate surface area is 118 Å². The Morgan fingerprint density at radius 1 is 1.35 bits per heavy atom. The highest BCUT2D eigenvalue weighted by Crippen LogP contribution is 2.23. The molecule has 7 heteroatoms. The molecule has 0 amide bonds. The van der Waals surface area contributed by atoms with Crippen LogP contribution in [0.15, 0.2) is 24.3 Å². The summed E-state index contributed by atoms with van der Waals surface area (Å²) < 4.78 is 38.4. The molecule has 1 unspecified atom stereocenters. The lowest BCUT2D eigenvalue weighted by molar-refractivity contribution is -0.136. The number of benzene rings is 1. The molecule has 0 radical (unpaired) electrons. The van der Waals surface area contributed by atoms with E-state index in [-0.39, 0.29) is 6.54 Å². The van der Waals surface area contributed by atoms with Gasteiger partial charge < -0.3 is 5.11 Å². The lowest BCUT2D eigenvalue weighted by Crippen LogP contribution is -2.35. The first-order valence-electron chi connectivity index (χ1n) is 6.24. The molecule has 0 fully saturated rings. The molecule has 1 atom stereocenters. The van der Waals surface area contributed by atoms with Crippen molar-refractivity contribution in [1.82, 2.24) is 4.31 Å². The van der Waals surface area contributed by atoms with Crippen molar-refractivity contribution >= 4 is 16.0 Å². The number of sulfonamides is 1. The summed E-state index contributed by atoms with van der Waals surface area (Å²) in [6, 6.07) is 5.11.